The normalized spacial score (nSPS) is 10.8. The molecule has 8 aromatic rings. The first-order valence-corrected chi connectivity index (χ1v) is 15.8. The molecule has 0 radical (unpaired) electrons. The Morgan fingerprint density at radius 1 is 0.413 bits per heavy atom. The lowest BCUT2D eigenvalue weighted by Gasteiger charge is -2.32. The van der Waals surface area contributed by atoms with Gasteiger partial charge in [0.25, 0.3) is 0 Å². The first-order chi connectivity index (χ1) is 22.8. The summed E-state index contributed by atoms with van der Waals surface area (Å²) < 4.78 is 0. The lowest BCUT2D eigenvalue weighted by atomic mass is 9.90. The van der Waals surface area contributed by atoms with Gasteiger partial charge in [-0.1, -0.05) is 111 Å². The zero-order valence-corrected chi connectivity index (χ0v) is 25.9. The van der Waals surface area contributed by atoms with Crippen molar-refractivity contribution in [2.75, 3.05) is 9.80 Å². The van der Waals surface area contributed by atoms with Gasteiger partial charge in [-0.25, -0.2) is 0 Å². The van der Waals surface area contributed by atoms with Crippen molar-refractivity contribution >= 4 is 66.4 Å². The number of rotatable bonds is 6. The summed E-state index contributed by atoms with van der Waals surface area (Å²) in [5, 5.41) is 16.6. The lowest BCUT2D eigenvalue weighted by Crippen LogP contribution is -2.14. The van der Waals surface area contributed by atoms with Gasteiger partial charge in [-0.15, -0.1) is 0 Å². The zero-order valence-electron chi connectivity index (χ0n) is 25.9. The Bertz CT molecular complexity index is 2040. The van der Waals surface area contributed by atoms with E-state index < -0.39 is 0 Å². The summed E-state index contributed by atoms with van der Waals surface area (Å²) in [7, 11) is 0. The molecule has 3 nitrogen and oxygen atoms in total. The molecule has 0 aliphatic carbocycles. The molecule has 8 rings (SSSR count). The molecule has 0 unspecified atom stereocenters. The van der Waals surface area contributed by atoms with Crippen molar-refractivity contribution in [3.63, 3.8) is 0 Å². The molecule has 0 aromatic heterocycles. The molecule has 0 aliphatic heterocycles. The van der Waals surface area contributed by atoms with E-state index in [2.05, 4.69) is 168 Å². The summed E-state index contributed by atoms with van der Waals surface area (Å²) >= 11 is 0. The molecule has 0 atom stereocenters. The summed E-state index contributed by atoms with van der Waals surface area (Å²) in [4.78, 5) is 4.70. The van der Waals surface area contributed by atoms with Gasteiger partial charge in [-0.2, -0.15) is 5.26 Å². The molecule has 0 saturated carbocycles. The van der Waals surface area contributed by atoms with Crippen molar-refractivity contribution < 1.29 is 0 Å². The molecular weight excluding hydrogens is 558 g/mol. The molecule has 0 bridgehead atoms. The first-order valence-electron chi connectivity index (χ1n) is 15.8. The Morgan fingerprint density at radius 3 is 1.09 bits per heavy atom. The summed E-state index contributed by atoms with van der Waals surface area (Å²) in [6, 6.07) is 59.7. The van der Waals surface area contributed by atoms with Crippen LogP contribution >= 0.6 is 0 Å². The van der Waals surface area contributed by atoms with Gasteiger partial charge in [-0.3, -0.25) is 0 Å². The van der Waals surface area contributed by atoms with E-state index in [1.54, 1.807) is 0 Å². The second-order valence-corrected chi connectivity index (χ2v) is 10.9. The van der Waals surface area contributed by atoms with Crippen LogP contribution in [0.3, 0.4) is 0 Å². The van der Waals surface area contributed by atoms with E-state index in [0.29, 0.717) is 5.56 Å². The van der Waals surface area contributed by atoms with Crippen LogP contribution in [-0.4, -0.2) is 0 Å². The third kappa shape index (κ3) is 4.97. The van der Waals surface area contributed by atoms with Crippen molar-refractivity contribution in [1.82, 2.24) is 0 Å². The van der Waals surface area contributed by atoms with Crippen molar-refractivity contribution in [2.45, 2.75) is 13.8 Å². The van der Waals surface area contributed by atoms with Crippen molar-refractivity contribution in [2.24, 2.45) is 0 Å². The van der Waals surface area contributed by atoms with Gasteiger partial charge in [0, 0.05) is 38.9 Å². The van der Waals surface area contributed by atoms with Gasteiger partial charge in [0.2, 0.25) is 0 Å². The van der Waals surface area contributed by atoms with Crippen LogP contribution in [0.2, 0.25) is 0 Å². The highest BCUT2D eigenvalue weighted by Crippen LogP contribution is 2.50. The number of anilines is 6. The summed E-state index contributed by atoms with van der Waals surface area (Å²) in [6.45, 7) is 4.00. The van der Waals surface area contributed by atoms with E-state index in [1.807, 2.05) is 26.0 Å². The monoisotopic (exact) mass is 591 g/mol. The van der Waals surface area contributed by atoms with Gasteiger partial charge in [-0.05, 0) is 82.9 Å². The fraction of sp³-hybridized carbons (Fsp3) is 0.0465. The molecule has 0 spiro atoms. The molecule has 0 aliphatic rings. The predicted molar refractivity (Wildman–Crippen MR) is 196 cm³/mol. The van der Waals surface area contributed by atoms with Gasteiger partial charge < -0.3 is 9.80 Å². The second-order valence-electron chi connectivity index (χ2n) is 10.9. The standard InChI is InChI=1S/C41H27N3.C2H6/c42-28-29-25-30-21-23-36-38(43(32-13-5-1-6-14-32)33-15-7-2-8-16-33)27-39(37-24-22-31(26-29)40(30)41(36)37)44(34-17-9-3-10-18-34)35-19-11-4-12-20-35;1-2/h1-27H;1-2H3. The second kappa shape index (κ2) is 12.5. The summed E-state index contributed by atoms with van der Waals surface area (Å²) in [5.74, 6) is 0. The minimum absolute atomic E-state index is 0.668. The number of benzene rings is 8. The average molecular weight is 592 g/mol. The average Bonchev–Trinajstić information content (AvgIpc) is 3.14. The summed E-state index contributed by atoms with van der Waals surface area (Å²) in [6.07, 6.45) is 0. The molecule has 0 fully saturated rings. The third-order valence-electron chi connectivity index (χ3n) is 8.34. The fourth-order valence-corrected chi connectivity index (χ4v) is 6.48. The number of hydrogen-bond acceptors (Lipinski definition) is 3. The van der Waals surface area contributed by atoms with Crippen LogP contribution in [0.1, 0.15) is 19.4 Å². The topological polar surface area (TPSA) is 30.3 Å². The van der Waals surface area contributed by atoms with Gasteiger partial charge >= 0.3 is 0 Å². The zero-order chi connectivity index (χ0) is 31.5. The third-order valence-corrected chi connectivity index (χ3v) is 8.34. The molecule has 8 aromatic carbocycles. The lowest BCUT2D eigenvalue weighted by molar-refractivity contribution is 1.27. The number of hydrogen-bond donors (Lipinski definition) is 0. The minimum atomic E-state index is 0.668. The van der Waals surface area contributed by atoms with E-state index in [-0.39, 0.29) is 0 Å². The Morgan fingerprint density at radius 2 is 0.761 bits per heavy atom. The number of nitriles is 1. The van der Waals surface area contributed by atoms with Crippen LogP contribution in [0, 0.1) is 11.3 Å². The largest absolute Gasteiger partial charge is 0.310 e. The van der Waals surface area contributed by atoms with E-state index in [9.17, 15) is 5.26 Å². The first kappa shape index (κ1) is 28.6. The Kier molecular flexibility index (Phi) is 7.77. The maximum atomic E-state index is 9.80. The highest BCUT2D eigenvalue weighted by atomic mass is 15.2. The molecule has 220 valence electrons. The van der Waals surface area contributed by atoms with Crippen molar-refractivity contribution in [1.29, 1.82) is 5.26 Å². The van der Waals surface area contributed by atoms with E-state index >= 15 is 0 Å². The smallest absolute Gasteiger partial charge is 0.0992 e. The molecule has 0 amide bonds. The fourth-order valence-electron chi connectivity index (χ4n) is 6.48. The molecule has 3 heteroatoms. The van der Waals surface area contributed by atoms with Crippen LogP contribution in [0.5, 0.6) is 0 Å². The highest BCUT2D eigenvalue weighted by Gasteiger charge is 2.24. The number of nitrogens with zero attached hydrogens (tertiary/aromatic N) is 3. The van der Waals surface area contributed by atoms with Crippen LogP contribution in [0.4, 0.5) is 34.1 Å². The number of para-hydroxylation sites is 4. The van der Waals surface area contributed by atoms with Crippen molar-refractivity contribution in [3.8, 4) is 6.07 Å². The molecule has 0 N–H and O–H groups in total. The Hall–Kier alpha value is -6.11. The summed E-state index contributed by atoms with van der Waals surface area (Å²) in [5.41, 5.74) is 7.16. The van der Waals surface area contributed by atoms with Gasteiger partial charge in [0.05, 0.1) is 23.0 Å². The Balaban J connectivity index is 0.00000166. The maximum Gasteiger partial charge on any atom is 0.0992 e. The molecule has 0 saturated heterocycles. The molecule has 0 heterocycles. The van der Waals surface area contributed by atoms with Crippen LogP contribution in [-0.2, 0) is 0 Å². The maximum absolute atomic E-state index is 9.80. The SMILES string of the molecule is CC.N#Cc1cc2ccc3c(N(c4ccccc4)c4ccccc4)cc(N(c4ccccc4)c4ccccc4)c4ccc(c1)c2c34. The van der Waals surface area contributed by atoms with E-state index in [4.69, 9.17) is 0 Å². The van der Waals surface area contributed by atoms with Crippen molar-refractivity contribution in [3.05, 3.63) is 169 Å². The van der Waals surface area contributed by atoms with Crippen LogP contribution in [0.15, 0.2) is 164 Å². The van der Waals surface area contributed by atoms with Crippen LogP contribution in [0.25, 0.3) is 32.3 Å². The van der Waals surface area contributed by atoms with E-state index in [0.717, 1.165) is 55.7 Å². The highest BCUT2D eigenvalue weighted by molar-refractivity contribution is 6.29. The molecular formula is C43H33N3. The van der Waals surface area contributed by atoms with Gasteiger partial charge in [0.15, 0.2) is 0 Å². The van der Waals surface area contributed by atoms with E-state index in [1.165, 1.54) is 10.8 Å². The quantitative estimate of drug-likeness (QED) is 0.180. The predicted octanol–water partition coefficient (Wildman–Crippen LogP) is 12.4. The Labute approximate surface area is 270 Å². The van der Waals surface area contributed by atoms with Gasteiger partial charge in [0.1, 0.15) is 0 Å². The molecule has 46 heavy (non-hydrogen) atoms. The van der Waals surface area contributed by atoms with Crippen LogP contribution < -0.4 is 9.80 Å². The minimum Gasteiger partial charge on any atom is -0.310 e.